The van der Waals surface area contributed by atoms with Crippen molar-refractivity contribution in [3.05, 3.63) is 11.1 Å². The van der Waals surface area contributed by atoms with Gasteiger partial charge in [0.2, 0.25) is 0 Å². The summed E-state index contributed by atoms with van der Waals surface area (Å²) in [6, 6.07) is 0.325. The lowest BCUT2D eigenvalue weighted by Gasteiger charge is -2.29. The molecule has 21 heavy (non-hydrogen) atoms. The number of thiazole rings is 1. The van der Waals surface area contributed by atoms with Crippen LogP contribution in [0.1, 0.15) is 62.4 Å². The maximum absolute atomic E-state index is 12.4. The Hall–Kier alpha value is -1.10. The Morgan fingerprint density at radius 2 is 2.00 bits per heavy atom. The standard InChI is InChI=1S/C16H25N3OS/c1-12-7-3-4-8-13(12)17-15(20)14-11-21-16(18-14)19-9-5-2-6-10-19/h11-13H,2-10H2,1H3,(H,17,20). The molecule has 1 aliphatic carbocycles. The van der Waals surface area contributed by atoms with Crippen LogP contribution in [-0.4, -0.2) is 30.0 Å². The Morgan fingerprint density at radius 3 is 2.76 bits per heavy atom. The molecule has 2 atom stereocenters. The maximum atomic E-state index is 12.4. The Morgan fingerprint density at radius 1 is 1.24 bits per heavy atom. The number of nitrogens with one attached hydrogen (secondary N) is 1. The molecule has 1 amide bonds. The van der Waals surface area contributed by atoms with E-state index in [0.717, 1.165) is 24.6 Å². The van der Waals surface area contributed by atoms with Gasteiger partial charge >= 0.3 is 0 Å². The van der Waals surface area contributed by atoms with Crippen molar-refractivity contribution in [3.63, 3.8) is 0 Å². The van der Waals surface area contributed by atoms with Crippen molar-refractivity contribution in [1.82, 2.24) is 10.3 Å². The minimum absolute atomic E-state index is 0.00765. The summed E-state index contributed by atoms with van der Waals surface area (Å²) in [5.41, 5.74) is 0.596. The first kappa shape index (κ1) is 14.8. The van der Waals surface area contributed by atoms with Crippen LogP contribution in [0.4, 0.5) is 5.13 Å². The molecule has 5 heteroatoms. The first-order valence-corrected chi connectivity index (χ1v) is 9.13. The average Bonchev–Trinajstić information content (AvgIpc) is 3.00. The summed E-state index contributed by atoms with van der Waals surface area (Å²) in [6.07, 6.45) is 8.64. The molecule has 3 rings (SSSR count). The molecule has 2 fully saturated rings. The van der Waals surface area contributed by atoms with Gasteiger partial charge in [-0.25, -0.2) is 4.98 Å². The average molecular weight is 307 g/mol. The van der Waals surface area contributed by atoms with Gasteiger partial charge in [-0.05, 0) is 38.0 Å². The zero-order chi connectivity index (χ0) is 14.7. The number of rotatable bonds is 3. The predicted octanol–water partition coefficient (Wildman–Crippen LogP) is 3.44. The van der Waals surface area contributed by atoms with Crippen LogP contribution in [0.3, 0.4) is 0 Å². The molecular formula is C16H25N3OS. The second kappa shape index (κ2) is 6.77. The molecule has 1 saturated heterocycles. The van der Waals surface area contributed by atoms with Gasteiger partial charge in [0.15, 0.2) is 5.13 Å². The largest absolute Gasteiger partial charge is 0.348 e. The van der Waals surface area contributed by atoms with Gasteiger partial charge in [-0.15, -0.1) is 11.3 Å². The molecule has 2 aliphatic rings. The SMILES string of the molecule is CC1CCCCC1NC(=O)c1csc(N2CCCCC2)n1. The van der Waals surface area contributed by atoms with Gasteiger partial charge in [0.25, 0.3) is 5.91 Å². The van der Waals surface area contributed by atoms with E-state index in [4.69, 9.17) is 0 Å². The molecular weight excluding hydrogens is 282 g/mol. The van der Waals surface area contributed by atoms with Crippen molar-refractivity contribution in [1.29, 1.82) is 0 Å². The van der Waals surface area contributed by atoms with E-state index in [1.54, 1.807) is 11.3 Å². The Kier molecular flexibility index (Phi) is 4.78. The lowest BCUT2D eigenvalue weighted by molar-refractivity contribution is 0.0906. The number of carbonyl (C=O) groups is 1. The quantitative estimate of drug-likeness (QED) is 0.930. The molecule has 4 nitrogen and oxygen atoms in total. The minimum Gasteiger partial charge on any atom is -0.348 e. The molecule has 1 aliphatic heterocycles. The number of piperidine rings is 1. The first-order chi connectivity index (χ1) is 10.2. The number of hydrogen-bond acceptors (Lipinski definition) is 4. The fourth-order valence-corrected chi connectivity index (χ4v) is 4.23. The van der Waals surface area contributed by atoms with Gasteiger partial charge in [0.05, 0.1) is 0 Å². The smallest absolute Gasteiger partial charge is 0.271 e. The highest BCUT2D eigenvalue weighted by molar-refractivity contribution is 7.13. The van der Waals surface area contributed by atoms with Crippen molar-refractivity contribution in [2.24, 2.45) is 5.92 Å². The van der Waals surface area contributed by atoms with E-state index in [9.17, 15) is 4.79 Å². The van der Waals surface area contributed by atoms with Crippen LogP contribution in [0.5, 0.6) is 0 Å². The van der Waals surface area contributed by atoms with Crippen molar-refractivity contribution in [2.75, 3.05) is 18.0 Å². The van der Waals surface area contributed by atoms with Crippen LogP contribution in [0, 0.1) is 5.92 Å². The van der Waals surface area contributed by atoms with Crippen molar-refractivity contribution in [2.45, 2.75) is 57.9 Å². The van der Waals surface area contributed by atoms with Gasteiger partial charge in [-0.1, -0.05) is 19.8 Å². The second-order valence-electron chi connectivity index (χ2n) is 6.40. The Balaban J connectivity index is 1.60. The molecule has 116 valence electrons. The van der Waals surface area contributed by atoms with Crippen LogP contribution in [0.25, 0.3) is 0 Å². The van der Waals surface area contributed by atoms with Gasteiger partial charge in [-0.2, -0.15) is 0 Å². The zero-order valence-corrected chi connectivity index (χ0v) is 13.6. The lowest BCUT2D eigenvalue weighted by atomic mass is 9.86. The van der Waals surface area contributed by atoms with E-state index >= 15 is 0 Å². The van der Waals surface area contributed by atoms with Gasteiger partial charge in [0, 0.05) is 24.5 Å². The highest BCUT2D eigenvalue weighted by Gasteiger charge is 2.24. The predicted molar refractivity (Wildman–Crippen MR) is 87.1 cm³/mol. The molecule has 0 spiro atoms. The van der Waals surface area contributed by atoms with Crippen molar-refractivity contribution in [3.8, 4) is 0 Å². The van der Waals surface area contributed by atoms with Crippen molar-refractivity contribution >= 4 is 22.4 Å². The number of amides is 1. The summed E-state index contributed by atoms with van der Waals surface area (Å²) < 4.78 is 0. The fraction of sp³-hybridized carbons (Fsp3) is 0.750. The summed E-state index contributed by atoms with van der Waals surface area (Å²) in [5, 5.41) is 6.11. The van der Waals surface area contributed by atoms with E-state index in [0.29, 0.717) is 17.7 Å². The molecule has 2 unspecified atom stereocenters. The number of aromatic nitrogens is 1. The van der Waals surface area contributed by atoms with Crippen LogP contribution in [0.15, 0.2) is 5.38 Å². The lowest BCUT2D eigenvalue weighted by Crippen LogP contribution is -2.41. The highest BCUT2D eigenvalue weighted by atomic mass is 32.1. The van der Waals surface area contributed by atoms with Crippen LogP contribution in [-0.2, 0) is 0 Å². The summed E-state index contributed by atoms with van der Waals surface area (Å²) >= 11 is 1.60. The molecule has 1 N–H and O–H groups in total. The van der Waals surface area contributed by atoms with Crippen LogP contribution in [0.2, 0.25) is 0 Å². The summed E-state index contributed by atoms with van der Waals surface area (Å²) in [5.74, 6) is 0.594. The number of anilines is 1. The van der Waals surface area contributed by atoms with E-state index in [2.05, 4.69) is 22.1 Å². The monoisotopic (exact) mass is 307 g/mol. The third-order valence-electron chi connectivity index (χ3n) is 4.78. The van der Waals surface area contributed by atoms with Crippen LogP contribution >= 0.6 is 11.3 Å². The molecule has 0 radical (unpaired) electrons. The first-order valence-electron chi connectivity index (χ1n) is 8.25. The van der Waals surface area contributed by atoms with Crippen LogP contribution < -0.4 is 10.2 Å². The van der Waals surface area contributed by atoms with E-state index in [-0.39, 0.29) is 5.91 Å². The second-order valence-corrected chi connectivity index (χ2v) is 7.24. The zero-order valence-electron chi connectivity index (χ0n) is 12.8. The van der Waals surface area contributed by atoms with Gasteiger partial charge < -0.3 is 10.2 Å². The van der Waals surface area contributed by atoms with Gasteiger partial charge in [-0.3, -0.25) is 4.79 Å². The van der Waals surface area contributed by atoms with E-state index < -0.39 is 0 Å². The van der Waals surface area contributed by atoms with Gasteiger partial charge in [0.1, 0.15) is 5.69 Å². The highest BCUT2D eigenvalue weighted by Crippen LogP contribution is 2.26. The normalized spacial score (nSPS) is 26.6. The molecule has 2 heterocycles. The third kappa shape index (κ3) is 3.57. The van der Waals surface area contributed by atoms with E-state index in [1.807, 2.05) is 5.38 Å². The number of nitrogens with zero attached hydrogens (tertiary/aromatic N) is 2. The molecule has 1 aromatic heterocycles. The Labute approximate surface area is 130 Å². The van der Waals surface area contributed by atoms with Crippen molar-refractivity contribution < 1.29 is 4.79 Å². The maximum Gasteiger partial charge on any atom is 0.271 e. The summed E-state index contributed by atoms with van der Waals surface area (Å²) in [4.78, 5) is 19.2. The minimum atomic E-state index is 0.00765. The summed E-state index contributed by atoms with van der Waals surface area (Å²) in [7, 11) is 0. The number of hydrogen-bond donors (Lipinski definition) is 1. The fourth-order valence-electron chi connectivity index (χ4n) is 3.37. The summed E-state index contributed by atoms with van der Waals surface area (Å²) in [6.45, 7) is 4.40. The number of carbonyl (C=O) groups excluding carboxylic acids is 1. The molecule has 0 aromatic carbocycles. The Bertz CT molecular complexity index is 482. The molecule has 1 saturated carbocycles. The third-order valence-corrected chi connectivity index (χ3v) is 5.68. The molecule has 1 aromatic rings. The van der Waals surface area contributed by atoms with E-state index in [1.165, 1.54) is 38.5 Å². The topological polar surface area (TPSA) is 45.2 Å². The molecule has 0 bridgehead atoms.